The third-order valence-corrected chi connectivity index (χ3v) is 4.04. The fourth-order valence-corrected chi connectivity index (χ4v) is 2.44. The molecule has 3 N–H and O–H groups in total. The van der Waals surface area contributed by atoms with Crippen molar-refractivity contribution in [2.75, 3.05) is 0 Å². The number of benzene rings is 2. The Hall–Kier alpha value is -2.80. The van der Waals surface area contributed by atoms with E-state index in [9.17, 15) is 18.4 Å². The first-order valence-corrected chi connectivity index (χ1v) is 9.24. The minimum Gasteiger partial charge on any atom is -0.478 e. The van der Waals surface area contributed by atoms with Gasteiger partial charge in [0.15, 0.2) is 0 Å². The van der Waals surface area contributed by atoms with Gasteiger partial charge in [-0.25, -0.2) is 13.6 Å². The van der Waals surface area contributed by atoms with Crippen molar-refractivity contribution in [1.82, 2.24) is 5.32 Å². The van der Waals surface area contributed by atoms with Crippen LogP contribution in [0, 0.1) is 5.92 Å². The summed E-state index contributed by atoms with van der Waals surface area (Å²) in [7, 11) is 0. The zero-order valence-corrected chi connectivity index (χ0v) is 16.7. The minimum absolute atomic E-state index is 0.0119. The molecule has 1 atom stereocenters. The van der Waals surface area contributed by atoms with Crippen LogP contribution in [0.5, 0.6) is 0 Å². The van der Waals surface area contributed by atoms with Crippen molar-refractivity contribution in [3.05, 3.63) is 70.8 Å². The van der Waals surface area contributed by atoms with Crippen LogP contribution in [0.1, 0.15) is 66.7 Å². The molecular weight excluding hydrogens is 380 g/mol. The highest BCUT2D eigenvalue weighted by atomic mass is 19.3. The molecule has 2 rings (SSSR count). The average molecular weight is 407 g/mol. The molecule has 5 nitrogen and oxygen atoms in total. The third kappa shape index (κ3) is 8.83. The van der Waals surface area contributed by atoms with Gasteiger partial charge in [-0.1, -0.05) is 50.2 Å². The van der Waals surface area contributed by atoms with E-state index in [2.05, 4.69) is 5.32 Å². The number of nitrogens with one attached hydrogen (secondary N) is 1. The summed E-state index contributed by atoms with van der Waals surface area (Å²) in [6.07, 6.45) is -1.93. The van der Waals surface area contributed by atoms with E-state index in [0.29, 0.717) is 17.9 Å². The monoisotopic (exact) mass is 407 g/mol. The summed E-state index contributed by atoms with van der Waals surface area (Å²) < 4.78 is 23.9. The van der Waals surface area contributed by atoms with Gasteiger partial charge in [0.25, 0.3) is 6.43 Å². The van der Waals surface area contributed by atoms with Gasteiger partial charge < -0.3 is 15.5 Å². The van der Waals surface area contributed by atoms with Crippen molar-refractivity contribution in [2.24, 2.45) is 5.92 Å². The van der Waals surface area contributed by atoms with Gasteiger partial charge in [0, 0.05) is 12.0 Å². The molecule has 0 spiro atoms. The van der Waals surface area contributed by atoms with E-state index in [4.69, 9.17) is 10.2 Å². The lowest BCUT2D eigenvalue weighted by molar-refractivity contribution is -0.122. The molecule has 29 heavy (non-hydrogen) atoms. The Kier molecular flexibility index (Phi) is 9.96. The molecule has 1 unspecified atom stereocenters. The van der Waals surface area contributed by atoms with E-state index in [1.165, 1.54) is 24.3 Å². The van der Waals surface area contributed by atoms with Crippen LogP contribution >= 0.6 is 0 Å². The quantitative estimate of drug-likeness (QED) is 0.620. The summed E-state index contributed by atoms with van der Waals surface area (Å²) in [6.45, 7) is 5.76. The third-order valence-electron chi connectivity index (χ3n) is 4.04. The smallest absolute Gasteiger partial charge is 0.335 e. The number of rotatable bonds is 7. The first-order valence-electron chi connectivity index (χ1n) is 9.24. The molecule has 2 aromatic rings. The van der Waals surface area contributed by atoms with Gasteiger partial charge in [-0.15, -0.1) is 0 Å². The van der Waals surface area contributed by atoms with E-state index in [0.717, 1.165) is 5.56 Å². The molecule has 1 amide bonds. The van der Waals surface area contributed by atoms with Crippen LogP contribution in [0.3, 0.4) is 0 Å². The SMILES string of the molecule is CC(C)CC(=O)NC(C)c1ccc(C(=O)O)cc1.OCc1ccc(C(F)F)cc1. The van der Waals surface area contributed by atoms with Crippen molar-refractivity contribution in [3.63, 3.8) is 0 Å². The normalized spacial score (nSPS) is 11.6. The van der Waals surface area contributed by atoms with Gasteiger partial charge >= 0.3 is 5.97 Å². The van der Waals surface area contributed by atoms with Gasteiger partial charge in [-0.2, -0.15) is 0 Å². The molecule has 0 saturated carbocycles. The van der Waals surface area contributed by atoms with Crippen LogP contribution in [-0.4, -0.2) is 22.1 Å². The standard InChI is InChI=1S/C14H19NO3.C8H8F2O/c1-9(2)8-13(16)15-10(3)11-4-6-12(7-5-11)14(17)18;9-8(10)7-3-1-6(5-11)2-4-7/h4-7,9-10H,8H2,1-3H3,(H,15,16)(H,17,18);1-4,8,11H,5H2. The Labute approximate surface area is 169 Å². The fourth-order valence-electron chi connectivity index (χ4n) is 2.44. The summed E-state index contributed by atoms with van der Waals surface area (Å²) in [5.41, 5.74) is 1.79. The Morgan fingerprint density at radius 1 is 0.931 bits per heavy atom. The lowest BCUT2D eigenvalue weighted by Gasteiger charge is -2.15. The van der Waals surface area contributed by atoms with E-state index in [-0.39, 0.29) is 29.7 Å². The number of carboxylic acid groups (broad SMARTS) is 1. The van der Waals surface area contributed by atoms with Crippen LogP contribution in [0.4, 0.5) is 8.78 Å². The molecule has 0 fully saturated rings. The number of alkyl halides is 2. The summed E-state index contributed by atoms with van der Waals surface area (Å²) in [5, 5.41) is 20.3. The first kappa shape index (κ1) is 24.2. The van der Waals surface area contributed by atoms with Crippen LogP contribution in [0.2, 0.25) is 0 Å². The summed E-state index contributed by atoms with van der Waals surface area (Å²) >= 11 is 0. The largest absolute Gasteiger partial charge is 0.478 e. The predicted octanol–water partition coefficient (Wildman–Crippen LogP) is 4.72. The molecule has 0 aliphatic rings. The van der Waals surface area contributed by atoms with Crippen LogP contribution in [0.25, 0.3) is 0 Å². The minimum atomic E-state index is -2.43. The molecule has 0 saturated heterocycles. The number of aliphatic hydroxyl groups is 1. The number of aromatic carboxylic acids is 1. The van der Waals surface area contributed by atoms with Crippen molar-refractivity contribution < 1.29 is 28.6 Å². The number of hydrogen-bond donors (Lipinski definition) is 3. The second kappa shape index (κ2) is 11.9. The van der Waals surface area contributed by atoms with E-state index >= 15 is 0 Å². The van der Waals surface area contributed by atoms with E-state index in [1.807, 2.05) is 20.8 Å². The number of carbonyl (C=O) groups is 2. The summed E-state index contributed by atoms with van der Waals surface area (Å²) in [6, 6.07) is 12.0. The maximum atomic E-state index is 11.9. The lowest BCUT2D eigenvalue weighted by atomic mass is 10.1. The van der Waals surface area contributed by atoms with Crippen LogP contribution < -0.4 is 5.32 Å². The number of carboxylic acids is 1. The second-order valence-electron chi connectivity index (χ2n) is 7.01. The highest BCUT2D eigenvalue weighted by Crippen LogP contribution is 2.18. The zero-order valence-electron chi connectivity index (χ0n) is 16.7. The van der Waals surface area contributed by atoms with E-state index in [1.54, 1.807) is 24.3 Å². The topological polar surface area (TPSA) is 86.6 Å². The zero-order chi connectivity index (χ0) is 22.0. The number of amides is 1. The number of carbonyl (C=O) groups excluding carboxylic acids is 1. The molecule has 0 aliphatic heterocycles. The van der Waals surface area contributed by atoms with Crippen molar-refractivity contribution >= 4 is 11.9 Å². The van der Waals surface area contributed by atoms with Gasteiger partial charge in [0.05, 0.1) is 18.2 Å². The van der Waals surface area contributed by atoms with Gasteiger partial charge in [-0.3, -0.25) is 4.79 Å². The van der Waals surface area contributed by atoms with Gasteiger partial charge in [0.1, 0.15) is 0 Å². The maximum Gasteiger partial charge on any atom is 0.335 e. The molecule has 0 aliphatic carbocycles. The van der Waals surface area contributed by atoms with Crippen molar-refractivity contribution in [1.29, 1.82) is 0 Å². The molecule has 158 valence electrons. The van der Waals surface area contributed by atoms with Crippen molar-refractivity contribution in [2.45, 2.75) is 46.3 Å². The molecule has 0 heterocycles. The summed E-state index contributed by atoms with van der Waals surface area (Å²) in [4.78, 5) is 22.3. The number of hydrogen-bond acceptors (Lipinski definition) is 3. The first-order chi connectivity index (χ1) is 13.6. The van der Waals surface area contributed by atoms with Crippen LogP contribution in [-0.2, 0) is 11.4 Å². The van der Waals surface area contributed by atoms with Crippen molar-refractivity contribution in [3.8, 4) is 0 Å². The highest BCUT2D eigenvalue weighted by molar-refractivity contribution is 5.87. The summed E-state index contributed by atoms with van der Waals surface area (Å²) in [5.74, 6) is -0.607. The van der Waals surface area contributed by atoms with Gasteiger partial charge in [0.2, 0.25) is 5.91 Å². The molecule has 7 heteroatoms. The molecule has 0 aromatic heterocycles. The predicted molar refractivity (Wildman–Crippen MR) is 107 cm³/mol. The van der Waals surface area contributed by atoms with E-state index < -0.39 is 12.4 Å². The highest BCUT2D eigenvalue weighted by Gasteiger charge is 2.11. The Morgan fingerprint density at radius 3 is 1.86 bits per heavy atom. The molecular formula is C22H27F2NO4. The Balaban J connectivity index is 0.000000326. The molecule has 2 aromatic carbocycles. The van der Waals surface area contributed by atoms with Crippen LogP contribution in [0.15, 0.2) is 48.5 Å². The molecule has 0 bridgehead atoms. The molecule has 0 radical (unpaired) electrons. The number of halogens is 2. The fraction of sp³-hybridized carbons (Fsp3) is 0.364. The Bertz CT molecular complexity index is 774. The Morgan fingerprint density at radius 2 is 1.45 bits per heavy atom. The average Bonchev–Trinajstić information content (AvgIpc) is 2.67. The second-order valence-corrected chi connectivity index (χ2v) is 7.01. The van der Waals surface area contributed by atoms with Gasteiger partial charge in [-0.05, 0) is 36.1 Å². The lowest BCUT2D eigenvalue weighted by Crippen LogP contribution is -2.27. The maximum absolute atomic E-state index is 11.9. The number of aliphatic hydroxyl groups excluding tert-OH is 1.